The standard InChI is InChI=1S/C28H42O/c1-3-5-7-8-23-9-13-25(14-10-23)27-17-19-28(20-18-27)26-15-11-24(12-16-26)22-29-21-6-4-2/h4,7-8,11-12,15-16,23,25,27-28H,2-3,5-6,9-10,13-14,17-22H2,1H3. The molecule has 1 aromatic rings. The molecule has 160 valence electrons. The number of ether oxygens (including phenoxy) is 1. The third kappa shape index (κ3) is 7.14. The molecule has 2 aliphatic rings. The minimum atomic E-state index is 0.719. The van der Waals surface area contributed by atoms with Gasteiger partial charge in [0, 0.05) is 0 Å². The first-order valence-electron chi connectivity index (χ1n) is 12.2. The lowest BCUT2D eigenvalue weighted by atomic mass is 9.68. The number of rotatable bonds is 10. The molecule has 3 rings (SSSR count). The van der Waals surface area contributed by atoms with Crippen LogP contribution < -0.4 is 0 Å². The normalized spacial score (nSPS) is 27.9. The molecule has 1 aromatic carbocycles. The van der Waals surface area contributed by atoms with Gasteiger partial charge in [-0.25, -0.2) is 0 Å². The Morgan fingerprint density at radius 1 is 0.897 bits per heavy atom. The molecule has 1 heteroatoms. The fourth-order valence-electron chi connectivity index (χ4n) is 5.43. The Hall–Kier alpha value is -1.34. The highest BCUT2D eigenvalue weighted by Crippen LogP contribution is 2.44. The van der Waals surface area contributed by atoms with Crippen molar-refractivity contribution in [3.8, 4) is 0 Å². The fourth-order valence-corrected chi connectivity index (χ4v) is 5.43. The van der Waals surface area contributed by atoms with Crippen LogP contribution in [-0.4, -0.2) is 6.61 Å². The van der Waals surface area contributed by atoms with Gasteiger partial charge in [0.1, 0.15) is 0 Å². The molecule has 29 heavy (non-hydrogen) atoms. The molecule has 2 fully saturated rings. The monoisotopic (exact) mass is 394 g/mol. The van der Waals surface area contributed by atoms with Crippen LogP contribution in [0.2, 0.25) is 0 Å². The second kappa shape index (κ2) is 12.4. The van der Waals surface area contributed by atoms with E-state index in [1.54, 1.807) is 5.56 Å². The van der Waals surface area contributed by atoms with Crippen molar-refractivity contribution in [3.05, 3.63) is 60.2 Å². The summed E-state index contributed by atoms with van der Waals surface area (Å²) >= 11 is 0. The minimum Gasteiger partial charge on any atom is -0.376 e. The van der Waals surface area contributed by atoms with Gasteiger partial charge in [-0.3, -0.25) is 0 Å². The summed E-state index contributed by atoms with van der Waals surface area (Å²) in [6.45, 7) is 7.50. The van der Waals surface area contributed by atoms with Crippen molar-refractivity contribution < 1.29 is 4.74 Å². The predicted octanol–water partition coefficient (Wildman–Crippen LogP) is 8.22. The molecule has 0 N–H and O–H groups in total. The lowest BCUT2D eigenvalue weighted by molar-refractivity contribution is 0.125. The first kappa shape index (κ1) is 22.3. The topological polar surface area (TPSA) is 9.23 Å². The summed E-state index contributed by atoms with van der Waals surface area (Å²) in [7, 11) is 0. The molecule has 1 nitrogen and oxygen atoms in total. The number of hydrogen-bond donors (Lipinski definition) is 0. The van der Waals surface area contributed by atoms with E-state index in [1.807, 2.05) is 6.08 Å². The first-order valence-corrected chi connectivity index (χ1v) is 12.2. The van der Waals surface area contributed by atoms with Crippen LogP contribution >= 0.6 is 0 Å². The van der Waals surface area contributed by atoms with Crippen LogP contribution in [0.25, 0.3) is 0 Å². The van der Waals surface area contributed by atoms with Crippen molar-refractivity contribution >= 4 is 0 Å². The molecule has 0 spiro atoms. The summed E-state index contributed by atoms with van der Waals surface area (Å²) < 4.78 is 5.69. The van der Waals surface area contributed by atoms with Crippen molar-refractivity contribution in [2.75, 3.05) is 6.61 Å². The zero-order valence-corrected chi connectivity index (χ0v) is 18.7. The Labute approximate surface area is 179 Å². The van der Waals surface area contributed by atoms with Crippen molar-refractivity contribution in [3.63, 3.8) is 0 Å². The second-order valence-electron chi connectivity index (χ2n) is 9.37. The zero-order chi connectivity index (χ0) is 20.3. The van der Waals surface area contributed by atoms with Crippen LogP contribution in [0.4, 0.5) is 0 Å². The smallest absolute Gasteiger partial charge is 0.0717 e. The van der Waals surface area contributed by atoms with Crippen LogP contribution in [0.1, 0.15) is 94.6 Å². The number of benzene rings is 1. The Bertz CT molecular complexity index is 598. The van der Waals surface area contributed by atoms with Crippen molar-refractivity contribution in [1.29, 1.82) is 0 Å². The highest BCUT2D eigenvalue weighted by atomic mass is 16.5. The maximum Gasteiger partial charge on any atom is 0.0717 e. The molecule has 2 saturated carbocycles. The third-order valence-corrected chi connectivity index (χ3v) is 7.30. The average molecular weight is 395 g/mol. The van der Waals surface area contributed by atoms with Gasteiger partial charge in [-0.05, 0) is 99.0 Å². The summed E-state index contributed by atoms with van der Waals surface area (Å²) in [5.74, 6) is 3.63. The minimum absolute atomic E-state index is 0.719. The van der Waals surface area contributed by atoms with Crippen LogP contribution in [0.3, 0.4) is 0 Å². The van der Waals surface area contributed by atoms with Crippen LogP contribution in [0.15, 0.2) is 49.1 Å². The van der Waals surface area contributed by atoms with Crippen LogP contribution in [0.5, 0.6) is 0 Å². The number of unbranched alkanes of at least 4 members (excludes halogenated alkanes) is 1. The summed E-state index contributed by atoms with van der Waals surface area (Å²) in [5.41, 5.74) is 2.83. The predicted molar refractivity (Wildman–Crippen MR) is 125 cm³/mol. The first-order chi connectivity index (χ1) is 14.3. The molecule has 0 aliphatic heterocycles. The van der Waals surface area contributed by atoms with Gasteiger partial charge in [-0.1, -0.05) is 55.8 Å². The van der Waals surface area contributed by atoms with Gasteiger partial charge in [0.15, 0.2) is 0 Å². The summed E-state index contributed by atoms with van der Waals surface area (Å²) in [5, 5.41) is 0. The molecule has 0 heterocycles. The molecule has 2 aliphatic carbocycles. The van der Waals surface area contributed by atoms with Gasteiger partial charge in [0.2, 0.25) is 0 Å². The molecular formula is C28H42O. The summed E-state index contributed by atoms with van der Waals surface area (Å²) in [4.78, 5) is 0. The molecule has 0 saturated heterocycles. The van der Waals surface area contributed by atoms with E-state index in [1.165, 1.54) is 69.8 Å². The van der Waals surface area contributed by atoms with E-state index in [-0.39, 0.29) is 0 Å². The zero-order valence-electron chi connectivity index (χ0n) is 18.7. The molecular weight excluding hydrogens is 352 g/mol. The quantitative estimate of drug-likeness (QED) is 0.287. The van der Waals surface area contributed by atoms with E-state index in [4.69, 9.17) is 4.74 Å². The third-order valence-electron chi connectivity index (χ3n) is 7.30. The molecule has 0 amide bonds. The van der Waals surface area contributed by atoms with E-state index in [0.717, 1.165) is 43.3 Å². The highest BCUT2D eigenvalue weighted by Gasteiger charge is 2.30. The van der Waals surface area contributed by atoms with E-state index in [2.05, 4.69) is 49.9 Å². The van der Waals surface area contributed by atoms with Gasteiger partial charge in [-0.15, -0.1) is 6.58 Å². The molecule has 0 bridgehead atoms. The second-order valence-corrected chi connectivity index (χ2v) is 9.37. The van der Waals surface area contributed by atoms with Crippen molar-refractivity contribution in [1.82, 2.24) is 0 Å². The fraction of sp³-hybridized carbons (Fsp3) is 0.643. The Morgan fingerprint density at radius 3 is 2.17 bits per heavy atom. The lowest BCUT2D eigenvalue weighted by Gasteiger charge is -2.37. The van der Waals surface area contributed by atoms with Gasteiger partial charge < -0.3 is 4.74 Å². The SMILES string of the molecule is C=CCCOCc1ccc(C2CCC(C3CCC(C=CCCC)CC3)CC2)cc1. The van der Waals surface area contributed by atoms with Crippen LogP contribution in [0, 0.1) is 17.8 Å². The summed E-state index contributed by atoms with van der Waals surface area (Å²) in [6.07, 6.45) is 21.8. The van der Waals surface area contributed by atoms with Gasteiger partial charge >= 0.3 is 0 Å². The van der Waals surface area contributed by atoms with Gasteiger partial charge in [0.05, 0.1) is 13.2 Å². The Kier molecular flexibility index (Phi) is 9.54. The Morgan fingerprint density at radius 2 is 1.55 bits per heavy atom. The molecule has 0 atom stereocenters. The van der Waals surface area contributed by atoms with E-state index >= 15 is 0 Å². The van der Waals surface area contributed by atoms with E-state index in [9.17, 15) is 0 Å². The van der Waals surface area contributed by atoms with Crippen LogP contribution in [-0.2, 0) is 11.3 Å². The highest BCUT2D eigenvalue weighted by molar-refractivity contribution is 5.25. The lowest BCUT2D eigenvalue weighted by Crippen LogP contribution is -2.25. The van der Waals surface area contributed by atoms with E-state index < -0.39 is 0 Å². The number of hydrogen-bond acceptors (Lipinski definition) is 1. The molecule has 0 unspecified atom stereocenters. The molecule has 0 aromatic heterocycles. The maximum absolute atomic E-state index is 5.69. The maximum atomic E-state index is 5.69. The van der Waals surface area contributed by atoms with Crippen molar-refractivity contribution in [2.45, 2.75) is 90.1 Å². The van der Waals surface area contributed by atoms with Gasteiger partial charge in [-0.2, -0.15) is 0 Å². The average Bonchev–Trinajstić information content (AvgIpc) is 2.78. The Balaban J connectivity index is 1.38. The number of allylic oxidation sites excluding steroid dienone is 2. The van der Waals surface area contributed by atoms with Gasteiger partial charge in [0.25, 0.3) is 0 Å². The molecule has 0 radical (unpaired) electrons. The van der Waals surface area contributed by atoms with E-state index in [0.29, 0.717) is 0 Å². The summed E-state index contributed by atoms with van der Waals surface area (Å²) in [6, 6.07) is 9.24. The van der Waals surface area contributed by atoms with Crippen molar-refractivity contribution in [2.24, 2.45) is 17.8 Å². The largest absolute Gasteiger partial charge is 0.376 e.